The zero-order chi connectivity index (χ0) is 16.6. The molecule has 0 saturated heterocycles. The lowest BCUT2D eigenvalue weighted by Crippen LogP contribution is -2.52. The molecule has 0 rings (SSSR count). The van der Waals surface area contributed by atoms with Crippen molar-refractivity contribution in [1.29, 1.82) is 0 Å². The number of aliphatic carboxylic acids is 1. The molecule has 0 aromatic carbocycles. The number of rotatable bonds is 10. The van der Waals surface area contributed by atoms with Crippen molar-refractivity contribution in [3.8, 4) is 0 Å². The Kier molecular flexibility index (Phi) is 8.55. The fourth-order valence-electron chi connectivity index (χ4n) is 2.21. The molecular formula is C16H32N2O3. The zero-order valence-electron chi connectivity index (χ0n) is 14.4. The molecular weight excluding hydrogens is 268 g/mol. The molecule has 0 aromatic heterocycles. The van der Waals surface area contributed by atoms with Crippen LogP contribution in [0.5, 0.6) is 0 Å². The molecule has 5 nitrogen and oxygen atoms in total. The molecule has 0 radical (unpaired) electrons. The Morgan fingerprint density at radius 2 is 1.81 bits per heavy atom. The normalized spacial score (nSPS) is 13.5. The first-order valence-electron chi connectivity index (χ1n) is 7.91. The van der Waals surface area contributed by atoms with Crippen molar-refractivity contribution in [3.05, 3.63) is 0 Å². The van der Waals surface area contributed by atoms with Gasteiger partial charge in [0.1, 0.15) is 6.04 Å². The summed E-state index contributed by atoms with van der Waals surface area (Å²) in [6.07, 6.45) is 2.23. The molecule has 21 heavy (non-hydrogen) atoms. The molecule has 1 unspecified atom stereocenters. The summed E-state index contributed by atoms with van der Waals surface area (Å²) in [6.45, 7) is 14.1. The first-order valence-corrected chi connectivity index (χ1v) is 7.91. The maximum Gasteiger partial charge on any atom is 0.326 e. The zero-order valence-corrected chi connectivity index (χ0v) is 14.4. The summed E-state index contributed by atoms with van der Waals surface area (Å²) in [5.74, 6) is -1.31. The standard InChI is InChI=1S/C16H32N2O3/c1-7-9-10-18(8-2)11-16(5,6)15(21)17-13(12(3)4)14(19)20/h12-13H,7-11H2,1-6H3,(H,17,21)(H,19,20). The van der Waals surface area contributed by atoms with Crippen molar-refractivity contribution >= 4 is 11.9 Å². The summed E-state index contributed by atoms with van der Waals surface area (Å²) in [5.41, 5.74) is -0.605. The average molecular weight is 300 g/mol. The van der Waals surface area contributed by atoms with Crippen LogP contribution in [0.15, 0.2) is 0 Å². The molecule has 1 amide bonds. The molecule has 0 aliphatic carbocycles. The summed E-state index contributed by atoms with van der Waals surface area (Å²) < 4.78 is 0. The second-order valence-corrected chi connectivity index (χ2v) is 6.64. The van der Waals surface area contributed by atoms with Crippen molar-refractivity contribution in [2.24, 2.45) is 11.3 Å². The number of nitrogens with one attached hydrogen (secondary N) is 1. The third-order valence-electron chi connectivity index (χ3n) is 3.73. The van der Waals surface area contributed by atoms with Crippen LogP contribution >= 0.6 is 0 Å². The number of unbranched alkanes of at least 4 members (excludes halogenated alkanes) is 1. The van der Waals surface area contributed by atoms with Crippen molar-refractivity contribution in [1.82, 2.24) is 10.2 Å². The lowest BCUT2D eigenvalue weighted by atomic mass is 9.90. The van der Waals surface area contributed by atoms with Crippen LogP contribution in [0, 0.1) is 11.3 Å². The van der Waals surface area contributed by atoms with Crippen LogP contribution < -0.4 is 5.32 Å². The van der Waals surface area contributed by atoms with E-state index in [0.717, 1.165) is 25.9 Å². The number of carboxylic acids is 1. The Bertz CT molecular complexity index is 340. The van der Waals surface area contributed by atoms with Gasteiger partial charge in [-0.15, -0.1) is 0 Å². The number of carboxylic acid groups (broad SMARTS) is 1. The van der Waals surface area contributed by atoms with Gasteiger partial charge in [-0.3, -0.25) is 4.79 Å². The van der Waals surface area contributed by atoms with Gasteiger partial charge in [0.25, 0.3) is 0 Å². The second kappa shape index (κ2) is 9.03. The minimum atomic E-state index is -0.979. The van der Waals surface area contributed by atoms with Gasteiger partial charge in [-0.1, -0.05) is 34.1 Å². The lowest BCUT2D eigenvalue weighted by molar-refractivity contribution is -0.145. The third-order valence-corrected chi connectivity index (χ3v) is 3.73. The summed E-state index contributed by atoms with van der Waals surface area (Å²) in [5, 5.41) is 11.9. The second-order valence-electron chi connectivity index (χ2n) is 6.64. The fraction of sp³-hybridized carbons (Fsp3) is 0.875. The van der Waals surface area contributed by atoms with Gasteiger partial charge in [-0.2, -0.15) is 0 Å². The minimum Gasteiger partial charge on any atom is -0.480 e. The number of hydrogen-bond donors (Lipinski definition) is 2. The number of nitrogens with zero attached hydrogens (tertiary/aromatic N) is 1. The maximum atomic E-state index is 12.4. The van der Waals surface area contributed by atoms with Gasteiger partial charge in [0, 0.05) is 6.54 Å². The lowest BCUT2D eigenvalue weighted by Gasteiger charge is -2.32. The van der Waals surface area contributed by atoms with Gasteiger partial charge in [-0.25, -0.2) is 4.79 Å². The quantitative estimate of drug-likeness (QED) is 0.650. The van der Waals surface area contributed by atoms with E-state index in [1.54, 1.807) is 13.8 Å². The highest BCUT2D eigenvalue weighted by Crippen LogP contribution is 2.19. The smallest absolute Gasteiger partial charge is 0.326 e. The van der Waals surface area contributed by atoms with E-state index >= 15 is 0 Å². The molecule has 0 saturated carbocycles. The summed E-state index contributed by atoms with van der Waals surface area (Å²) in [4.78, 5) is 25.9. The van der Waals surface area contributed by atoms with Crippen LogP contribution in [0.2, 0.25) is 0 Å². The Labute approximate surface area is 129 Å². The van der Waals surface area contributed by atoms with Crippen LogP contribution in [0.3, 0.4) is 0 Å². The van der Waals surface area contributed by atoms with Crippen molar-refractivity contribution in [2.75, 3.05) is 19.6 Å². The SMILES string of the molecule is CCCCN(CC)CC(C)(C)C(=O)NC(C(=O)O)C(C)C. The molecule has 0 aromatic rings. The van der Waals surface area contributed by atoms with Crippen LogP contribution in [0.1, 0.15) is 54.4 Å². The van der Waals surface area contributed by atoms with Crippen LogP contribution in [-0.4, -0.2) is 47.6 Å². The van der Waals surface area contributed by atoms with Crippen LogP contribution in [-0.2, 0) is 9.59 Å². The molecule has 0 heterocycles. The highest BCUT2D eigenvalue weighted by atomic mass is 16.4. The number of amides is 1. The van der Waals surface area contributed by atoms with Crippen molar-refractivity contribution in [2.45, 2.75) is 60.4 Å². The van der Waals surface area contributed by atoms with E-state index in [4.69, 9.17) is 0 Å². The van der Waals surface area contributed by atoms with Gasteiger partial charge < -0.3 is 15.3 Å². The third kappa shape index (κ3) is 6.93. The number of carbonyl (C=O) groups excluding carboxylic acids is 1. The van der Waals surface area contributed by atoms with Gasteiger partial charge in [0.2, 0.25) is 5.91 Å². The van der Waals surface area contributed by atoms with E-state index in [9.17, 15) is 14.7 Å². The van der Waals surface area contributed by atoms with Crippen LogP contribution in [0.4, 0.5) is 0 Å². The van der Waals surface area contributed by atoms with Crippen molar-refractivity contribution < 1.29 is 14.7 Å². The first kappa shape index (κ1) is 19.9. The largest absolute Gasteiger partial charge is 0.480 e. The summed E-state index contributed by atoms with van der Waals surface area (Å²) in [7, 11) is 0. The topological polar surface area (TPSA) is 69.6 Å². The number of carbonyl (C=O) groups is 2. The Morgan fingerprint density at radius 3 is 2.19 bits per heavy atom. The highest BCUT2D eigenvalue weighted by molar-refractivity contribution is 5.87. The van der Waals surface area contributed by atoms with E-state index in [1.807, 2.05) is 13.8 Å². The Hall–Kier alpha value is -1.10. The van der Waals surface area contributed by atoms with E-state index in [2.05, 4.69) is 24.1 Å². The fourth-order valence-corrected chi connectivity index (χ4v) is 2.21. The molecule has 0 bridgehead atoms. The predicted molar refractivity (Wildman–Crippen MR) is 85.2 cm³/mol. The molecule has 0 aliphatic heterocycles. The van der Waals surface area contributed by atoms with E-state index < -0.39 is 17.4 Å². The van der Waals surface area contributed by atoms with Gasteiger partial charge in [0.15, 0.2) is 0 Å². The highest BCUT2D eigenvalue weighted by Gasteiger charge is 2.33. The monoisotopic (exact) mass is 300 g/mol. The maximum absolute atomic E-state index is 12.4. The first-order chi connectivity index (χ1) is 9.65. The minimum absolute atomic E-state index is 0.135. The van der Waals surface area contributed by atoms with Gasteiger partial charge >= 0.3 is 5.97 Å². The Morgan fingerprint density at radius 1 is 1.24 bits per heavy atom. The van der Waals surface area contributed by atoms with E-state index in [-0.39, 0.29) is 11.8 Å². The van der Waals surface area contributed by atoms with E-state index in [1.165, 1.54) is 0 Å². The van der Waals surface area contributed by atoms with E-state index in [0.29, 0.717) is 6.54 Å². The summed E-state index contributed by atoms with van der Waals surface area (Å²) in [6, 6.07) is -0.831. The molecule has 0 spiro atoms. The molecule has 1 atom stereocenters. The molecule has 5 heteroatoms. The predicted octanol–water partition coefficient (Wildman–Crippen LogP) is 2.36. The van der Waals surface area contributed by atoms with Crippen molar-refractivity contribution in [3.63, 3.8) is 0 Å². The number of hydrogen-bond acceptors (Lipinski definition) is 3. The van der Waals surface area contributed by atoms with Gasteiger partial charge in [-0.05, 0) is 39.3 Å². The van der Waals surface area contributed by atoms with Gasteiger partial charge in [0.05, 0.1) is 5.41 Å². The van der Waals surface area contributed by atoms with Crippen LogP contribution in [0.25, 0.3) is 0 Å². The molecule has 2 N–H and O–H groups in total. The molecule has 0 fully saturated rings. The average Bonchev–Trinajstić information content (AvgIpc) is 2.39. The Balaban J connectivity index is 4.73. The molecule has 124 valence electrons. The molecule has 0 aliphatic rings. The summed E-state index contributed by atoms with van der Waals surface area (Å²) >= 11 is 0.